The minimum Gasteiger partial charge on any atom is -0.436 e. The fourth-order valence-electron chi connectivity index (χ4n) is 4.26. The molecule has 8 nitrogen and oxygen atoms in total. The highest BCUT2D eigenvalue weighted by Crippen LogP contribution is 2.33. The first-order valence-corrected chi connectivity index (χ1v) is 10.2. The number of fused-ring (bicyclic) bond motifs is 2. The van der Waals surface area contributed by atoms with E-state index >= 15 is 0 Å². The van der Waals surface area contributed by atoms with Crippen molar-refractivity contribution in [1.29, 1.82) is 0 Å². The summed E-state index contributed by atoms with van der Waals surface area (Å²) in [4.78, 5) is 21.3. The Balaban J connectivity index is 1.28. The molecule has 0 saturated heterocycles. The molecule has 10 heteroatoms. The quantitative estimate of drug-likeness (QED) is 0.449. The van der Waals surface area contributed by atoms with Crippen LogP contribution in [0.2, 0.25) is 5.02 Å². The van der Waals surface area contributed by atoms with E-state index in [1.54, 1.807) is 10.6 Å². The molecule has 0 fully saturated rings. The lowest BCUT2D eigenvalue weighted by atomic mass is 10.0. The molecule has 3 aromatic rings. The standard InChI is InChI=1S/C21H19ClFN5O3/c1-21(12-27-10-19(28(29)30)25-20(27)31-21)11-26-7-6-18-14(9-26)3-5-17(24-18)13-2-4-15(22)16(23)8-13/h2-5,8,10H,6-7,9,11-12H2,1H3. The van der Waals surface area contributed by atoms with Gasteiger partial charge >= 0.3 is 11.8 Å². The van der Waals surface area contributed by atoms with Gasteiger partial charge in [-0.25, -0.2) is 4.39 Å². The van der Waals surface area contributed by atoms with Crippen molar-refractivity contribution in [1.82, 2.24) is 19.4 Å². The first kappa shape index (κ1) is 19.9. The molecule has 1 atom stereocenters. The maximum absolute atomic E-state index is 13.8. The third-order valence-corrected chi connectivity index (χ3v) is 5.96. The Morgan fingerprint density at radius 2 is 2.16 bits per heavy atom. The van der Waals surface area contributed by atoms with E-state index in [0.29, 0.717) is 18.7 Å². The fraction of sp³-hybridized carbons (Fsp3) is 0.333. The molecule has 0 saturated carbocycles. The van der Waals surface area contributed by atoms with Crippen LogP contribution in [0, 0.1) is 15.9 Å². The van der Waals surface area contributed by atoms with Crippen molar-refractivity contribution in [2.45, 2.75) is 32.0 Å². The molecule has 1 aromatic carbocycles. The molecule has 5 rings (SSSR count). The Morgan fingerprint density at radius 1 is 1.32 bits per heavy atom. The SMILES string of the molecule is CC1(CN2CCc3nc(-c4ccc(Cl)c(F)c4)ccc3C2)Cn2cc([N+](=O)[O-])nc2O1. The highest BCUT2D eigenvalue weighted by molar-refractivity contribution is 6.30. The number of rotatable bonds is 4. The number of imidazole rings is 1. The second-order valence-corrected chi connectivity index (χ2v) is 8.62. The molecule has 2 aliphatic heterocycles. The van der Waals surface area contributed by atoms with Gasteiger partial charge in [0.25, 0.3) is 0 Å². The third kappa shape index (κ3) is 3.75. The van der Waals surface area contributed by atoms with Crippen LogP contribution in [0.25, 0.3) is 11.3 Å². The Kier molecular flexibility index (Phi) is 4.67. The van der Waals surface area contributed by atoms with Gasteiger partial charge in [0, 0.05) is 42.3 Å². The van der Waals surface area contributed by atoms with Crippen LogP contribution in [0.4, 0.5) is 10.2 Å². The molecule has 2 aromatic heterocycles. The van der Waals surface area contributed by atoms with Gasteiger partial charge in [0.05, 0.1) is 17.3 Å². The van der Waals surface area contributed by atoms with Crippen LogP contribution < -0.4 is 4.74 Å². The normalized spacial score (nSPS) is 20.2. The van der Waals surface area contributed by atoms with E-state index < -0.39 is 16.3 Å². The van der Waals surface area contributed by atoms with Crippen LogP contribution in [-0.2, 0) is 19.5 Å². The fourth-order valence-corrected chi connectivity index (χ4v) is 4.38. The lowest BCUT2D eigenvalue weighted by Gasteiger charge is -2.34. The summed E-state index contributed by atoms with van der Waals surface area (Å²) in [6.45, 7) is 4.68. The van der Waals surface area contributed by atoms with Crippen molar-refractivity contribution in [2.75, 3.05) is 13.1 Å². The molecule has 160 valence electrons. The zero-order chi connectivity index (χ0) is 21.8. The topological polar surface area (TPSA) is 86.3 Å². The summed E-state index contributed by atoms with van der Waals surface area (Å²) in [5.41, 5.74) is 3.04. The second-order valence-electron chi connectivity index (χ2n) is 8.21. The van der Waals surface area contributed by atoms with Crippen molar-refractivity contribution in [3.05, 3.63) is 68.7 Å². The number of halogens is 2. The molecule has 2 aliphatic rings. The van der Waals surface area contributed by atoms with E-state index in [2.05, 4.69) is 9.88 Å². The summed E-state index contributed by atoms with van der Waals surface area (Å²) in [6.07, 6.45) is 2.18. The molecule has 4 heterocycles. The van der Waals surface area contributed by atoms with Crippen molar-refractivity contribution >= 4 is 17.4 Å². The van der Waals surface area contributed by atoms with Crippen LogP contribution >= 0.6 is 11.6 Å². The largest absolute Gasteiger partial charge is 0.436 e. The number of nitrogens with zero attached hydrogens (tertiary/aromatic N) is 5. The van der Waals surface area contributed by atoms with Crippen LogP contribution in [0.5, 0.6) is 6.01 Å². The zero-order valence-electron chi connectivity index (χ0n) is 16.7. The first-order chi connectivity index (χ1) is 14.8. The molecule has 0 amide bonds. The van der Waals surface area contributed by atoms with Gasteiger partial charge < -0.3 is 14.9 Å². The van der Waals surface area contributed by atoms with Gasteiger partial charge in [0.1, 0.15) is 17.6 Å². The zero-order valence-corrected chi connectivity index (χ0v) is 17.5. The van der Waals surface area contributed by atoms with Crippen molar-refractivity contribution in [2.24, 2.45) is 0 Å². The third-order valence-electron chi connectivity index (χ3n) is 5.66. The van der Waals surface area contributed by atoms with Crippen molar-refractivity contribution in [3.63, 3.8) is 0 Å². The molecular formula is C21H19ClFN5O3. The average Bonchev–Trinajstić information content (AvgIpc) is 3.24. The van der Waals surface area contributed by atoms with Crippen molar-refractivity contribution in [3.8, 4) is 17.3 Å². The highest BCUT2D eigenvalue weighted by Gasteiger charge is 2.41. The van der Waals surface area contributed by atoms with Crippen LogP contribution in [0.15, 0.2) is 36.5 Å². The number of hydrogen-bond acceptors (Lipinski definition) is 6. The monoisotopic (exact) mass is 443 g/mol. The number of hydrogen-bond donors (Lipinski definition) is 0. The van der Waals surface area contributed by atoms with Gasteiger partial charge in [0.15, 0.2) is 0 Å². The summed E-state index contributed by atoms with van der Waals surface area (Å²) in [5, 5.41) is 11.0. The second kappa shape index (κ2) is 7.28. The van der Waals surface area contributed by atoms with Crippen molar-refractivity contribution < 1.29 is 14.1 Å². The van der Waals surface area contributed by atoms with E-state index in [-0.39, 0.29) is 16.9 Å². The molecule has 0 bridgehead atoms. The van der Waals surface area contributed by atoms with E-state index in [1.807, 2.05) is 19.1 Å². The Bertz CT molecular complexity index is 1170. The smallest absolute Gasteiger partial charge is 0.415 e. The molecular weight excluding hydrogens is 425 g/mol. The summed E-state index contributed by atoms with van der Waals surface area (Å²) < 4.78 is 21.5. The van der Waals surface area contributed by atoms with Gasteiger partial charge in [-0.3, -0.25) is 14.5 Å². The summed E-state index contributed by atoms with van der Waals surface area (Å²) in [7, 11) is 0. The lowest BCUT2D eigenvalue weighted by Crippen LogP contribution is -2.46. The maximum atomic E-state index is 13.8. The molecule has 0 radical (unpaired) electrons. The van der Waals surface area contributed by atoms with Gasteiger partial charge in [-0.2, -0.15) is 0 Å². The minimum absolute atomic E-state index is 0.0940. The Labute approximate surface area is 182 Å². The molecule has 0 spiro atoms. The minimum atomic E-state index is -0.521. The summed E-state index contributed by atoms with van der Waals surface area (Å²) in [6, 6.07) is 8.92. The van der Waals surface area contributed by atoms with Gasteiger partial charge in [-0.15, -0.1) is 0 Å². The van der Waals surface area contributed by atoms with Gasteiger partial charge in [-0.05, 0) is 35.6 Å². The number of aromatic nitrogens is 3. The van der Waals surface area contributed by atoms with Gasteiger partial charge in [0.2, 0.25) is 0 Å². The van der Waals surface area contributed by atoms with E-state index in [4.69, 9.17) is 21.3 Å². The number of ether oxygens (including phenoxy) is 1. The summed E-state index contributed by atoms with van der Waals surface area (Å²) >= 11 is 5.78. The lowest BCUT2D eigenvalue weighted by molar-refractivity contribution is -0.389. The van der Waals surface area contributed by atoms with E-state index in [1.165, 1.54) is 18.3 Å². The molecule has 0 aliphatic carbocycles. The first-order valence-electron chi connectivity index (χ1n) is 9.87. The maximum Gasteiger partial charge on any atom is 0.415 e. The average molecular weight is 444 g/mol. The Morgan fingerprint density at radius 3 is 2.90 bits per heavy atom. The number of nitro groups is 1. The number of pyridine rings is 1. The van der Waals surface area contributed by atoms with Crippen LogP contribution in [-0.4, -0.2) is 43.0 Å². The van der Waals surface area contributed by atoms with Crippen LogP contribution in [0.3, 0.4) is 0 Å². The predicted molar refractivity (Wildman–Crippen MR) is 112 cm³/mol. The van der Waals surface area contributed by atoms with E-state index in [9.17, 15) is 14.5 Å². The molecule has 1 unspecified atom stereocenters. The predicted octanol–water partition coefficient (Wildman–Crippen LogP) is 3.86. The van der Waals surface area contributed by atoms with Crippen LogP contribution in [0.1, 0.15) is 18.2 Å². The van der Waals surface area contributed by atoms with Gasteiger partial charge in [-0.1, -0.05) is 23.7 Å². The molecule has 31 heavy (non-hydrogen) atoms. The summed E-state index contributed by atoms with van der Waals surface area (Å²) in [5.74, 6) is -0.661. The van der Waals surface area contributed by atoms with E-state index in [0.717, 1.165) is 36.5 Å². The highest BCUT2D eigenvalue weighted by atomic mass is 35.5. The Hall–Kier alpha value is -3.04. The molecule has 0 N–H and O–H groups in total. The number of benzene rings is 1.